The van der Waals surface area contributed by atoms with Gasteiger partial charge in [-0.15, -0.1) is 5.10 Å². The number of rotatable bonds is 7. The van der Waals surface area contributed by atoms with E-state index in [1.807, 2.05) is 7.05 Å². The van der Waals surface area contributed by atoms with Gasteiger partial charge in [-0.05, 0) is 32.2 Å². The largest absolute Gasteiger partial charge is 0.407 e. The molecule has 2 rings (SSSR count). The summed E-state index contributed by atoms with van der Waals surface area (Å²) in [5, 5.41) is 11.1. The van der Waals surface area contributed by atoms with Crippen LogP contribution in [0.3, 0.4) is 0 Å². The molecule has 1 N–H and O–H groups in total. The van der Waals surface area contributed by atoms with Crippen LogP contribution in [0.5, 0.6) is 0 Å². The van der Waals surface area contributed by atoms with Crippen LogP contribution in [0.25, 0.3) is 0 Å². The Morgan fingerprint density at radius 1 is 1.44 bits per heavy atom. The molecule has 0 saturated heterocycles. The number of nitrogens with one attached hydrogen (secondary N) is 1. The average molecular weight is 224 g/mol. The molecule has 1 aliphatic rings. The Hall–Kier alpha value is -1.10. The summed E-state index contributed by atoms with van der Waals surface area (Å²) in [7, 11) is 1.87. The maximum Gasteiger partial charge on any atom is 0.318 e. The fraction of sp³-hybridized carbons (Fsp3) is 0.818. The van der Waals surface area contributed by atoms with Gasteiger partial charge < -0.3 is 14.6 Å². The first-order valence-electron chi connectivity index (χ1n) is 6.05. The average Bonchev–Trinajstić information content (AvgIpc) is 2.96. The van der Waals surface area contributed by atoms with E-state index in [0.29, 0.717) is 18.5 Å². The molecule has 1 aromatic heterocycles. The van der Waals surface area contributed by atoms with Gasteiger partial charge in [0.05, 0.1) is 6.54 Å². The van der Waals surface area contributed by atoms with Crippen molar-refractivity contribution in [2.75, 3.05) is 25.0 Å². The molecule has 0 aliphatic heterocycles. The molecule has 0 aromatic carbocycles. The Bertz CT molecular complexity index is 322. The Morgan fingerprint density at radius 3 is 2.88 bits per heavy atom. The van der Waals surface area contributed by atoms with E-state index in [2.05, 4.69) is 27.3 Å². The monoisotopic (exact) mass is 224 g/mol. The number of hydrogen-bond donors (Lipinski definition) is 1. The van der Waals surface area contributed by atoms with Crippen molar-refractivity contribution >= 4 is 6.01 Å². The van der Waals surface area contributed by atoms with Crippen molar-refractivity contribution in [2.24, 2.45) is 5.92 Å². The van der Waals surface area contributed by atoms with Crippen LogP contribution in [0.1, 0.15) is 32.1 Å². The molecule has 0 atom stereocenters. The molecular weight excluding hydrogens is 204 g/mol. The third-order valence-electron chi connectivity index (χ3n) is 2.72. The van der Waals surface area contributed by atoms with E-state index in [-0.39, 0.29) is 0 Å². The van der Waals surface area contributed by atoms with E-state index < -0.39 is 0 Å². The van der Waals surface area contributed by atoms with E-state index in [4.69, 9.17) is 4.42 Å². The standard InChI is InChI=1S/C11H20N4O/c1-3-6-15(8-9-4-5-9)11-14-13-10(16-11)7-12-2/h9,12H,3-8H2,1-2H3. The minimum absolute atomic E-state index is 0.635. The Balaban J connectivity index is 1.98. The molecule has 1 saturated carbocycles. The molecule has 1 heterocycles. The second kappa shape index (κ2) is 5.30. The van der Waals surface area contributed by atoms with Crippen molar-refractivity contribution in [3.63, 3.8) is 0 Å². The van der Waals surface area contributed by atoms with Crippen LogP contribution in [-0.4, -0.2) is 30.3 Å². The van der Waals surface area contributed by atoms with E-state index in [9.17, 15) is 0 Å². The SMILES string of the molecule is CCCN(CC1CC1)c1nnc(CNC)o1. The third-order valence-corrected chi connectivity index (χ3v) is 2.72. The molecule has 0 unspecified atom stereocenters. The van der Waals surface area contributed by atoms with Gasteiger partial charge in [0.15, 0.2) is 0 Å². The summed E-state index contributed by atoms with van der Waals surface area (Å²) in [5.74, 6) is 1.50. The van der Waals surface area contributed by atoms with Gasteiger partial charge in [-0.2, -0.15) is 0 Å². The quantitative estimate of drug-likeness (QED) is 0.759. The van der Waals surface area contributed by atoms with Crippen LogP contribution >= 0.6 is 0 Å². The number of nitrogens with zero attached hydrogens (tertiary/aromatic N) is 3. The summed E-state index contributed by atoms with van der Waals surface area (Å²) < 4.78 is 5.61. The van der Waals surface area contributed by atoms with Crippen LogP contribution in [0.4, 0.5) is 6.01 Å². The minimum Gasteiger partial charge on any atom is -0.407 e. The lowest BCUT2D eigenvalue weighted by atomic mass is 10.3. The summed E-state index contributed by atoms with van der Waals surface area (Å²) in [6, 6.07) is 0.680. The summed E-state index contributed by atoms with van der Waals surface area (Å²) in [6.07, 6.45) is 3.80. The molecule has 16 heavy (non-hydrogen) atoms. The summed E-state index contributed by atoms with van der Waals surface area (Å²) >= 11 is 0. The highest BCUT2D eigenvalue weighted by Gasteiger charge is 2.26. The van der Waals surface area contributed by atoms with Gasteiger partial charge >= 0.3 is 6.01 Å². The zero-order valence-electron chi connectivity index (χ0n) is 10.1. The van der Waals surface area contributed by atoms with Gasteiger partial charge in [-0.25, -0.2) is 0 Å². The van der Waals surface area contributed by atoms with Crippen LogP contribution in [0, 0.1) is 5.92 Å². The van der Waals surface area contributed by atoms with Crippen molar-refractivity contribution in [3.05, 3.63) is 5.89 Å². The van der Waals surface area contributed by atoms with Crippen molar-refractivity contribution < 1.29 is 4.42 Å². The highest BCUT2D eigenvalue weighted by molar-refractivity contribution is 5.24. The number of anilines is 1. The lowest BCUT2D eigenvalue weighted by molar-refractivity contribution is 0.466. The zero-order chi connectivity index (χ0) is 11.4. The molecule has 5 heteroatoms. The maximum absolute atomic E-state index is 5.61. The van der Waals surface area contributed by atoms with Crippen LogP contribution in [0.15, 0.2) is 4.42 Å². The highest BCUT2D eigenvalue weighted by atomic mass is 16.4. The van der Waals surface area contributed by atoms with Crippen LogP contribution in [-0.2, 0) is 6.54 Å². The van der Waals surface area contributed by atoms with Gasteiger partial charge in [0.25, 0.3) is 0 Å². The van der Waals surface area contributed by atoms with Gasteiger partial charge in [0.1, 0.15) is 0 Å². The van der Waals surface area contributed by atoms with Crippen LogP contribution in [0.2, 0.25) is 0 Å². The predicted molar refractivity (Wildman–Crippen MR) is 62.3 cm³/mol. The molecule has 0 radical (unpaired) electrons. The lowest BCUT2D eigenvalue weighted by Crippen LogP contribution is -2.26. The Kier molecular flexibility index (Phi) is 3.77. The first-order chi connectivity index (χ1) is 7.83. The highest BCUT2D eigenvalue weighted by Crippen LogP contribution is 2.31. The summed E-state index contributed by atoms with van der Waals surface area (Å²) in [4.78, 5) is 2.21. The predicted octanol–water partition coefficient (Wildman–Crippen LogP) is 1.42. The van der Waals surface area contributed by atoms with Gasteiger partial charge in [0, 0.05) is 13.1 Å². The van der Waals surface area contributed by atoms with Crippen molar-refractivity contribution in [1.29, 1.82) is 0 Å². The number of hydrogen-bond acceptors (Lipinski definition) is 5. The normalized spacial score (nSPS) is 15.4. The maximum atomic E-state index is 5.61. The second-order valence-corrected chi connectivity index (χ2v) is 4.40. The lowest BCUT2D eigenvalue weighted by Gasteiger charge is -2.18. The smallest absolute Gasteiger partial charge is 0.318 e. The molecule has 0 spiro atoms. The van der Waals surface area contributed by atoms with Gasteiger partial charge in [-0.3, -0.25) is 0 Å². The first-order valence-corrected chi connectivity index (χ1v) is 6.05. The molecule has 0 bridgehead atoms. The molecule has 0 amide bonds. The van der Waals surface area contributed by atoms with Crippen molar-refractivity contribution in [3.8, 4) is 0 Å². The van der Waals surface area contributed by atoms with Crippen molar-refractivity contribution in [2.45, 2.75) is 32.7 Å². The Labute approximate surface area is 96.2 Å². The van der Waals surface area contributed by atoms with Crippen LogP contribution < -0.4 is 10.2 Å². The molecule has 5 nitrogen and oxygen atoms in total. The fourth-order valence-electron chi connectivity index (χ4n) is 1.74. The second-order valence-electron chi connectivity index (χ2n) is 4.40. The topological polar surface area (TPSA) is 54.2 Å². The minimum atomic E-state index is 0.635. The van der Waals surface area contributed by atoms with E-state index >= 15 is 0 Å². The van der Waals surface area contributed by atoms with Crippen molar-refractivity contribution in [1.82, 2.24) is 15.5 Å². The summed E-state index contributed by atoms with van der Waals surface area (Å²) in [6.45, 7) is 4.87. The summed E-state index contributed by atoms with van der Waals surface area (Å²) in [5.41, 5.74) is 0. The molecule has 1 aromatic rings. The molecular formula is C11H20N4O. The first kappa shape index (κ1) is 11.4. The van der Waals surface area contributed by atoms with Gasteiger partial charge in [-0.1, -0.05) is 12.0 Å². The molecule has 1 fully saturated rings. The molecule has 1 aliphatic carbocycles. The zero-order valence-corrected chi connectivity index (χ0v) is 10.1. The Morgan fingerprint density at radius 2 is 2.25 bits per heavy atom. The van der Waals surface area contributed by atoms with Gasteiger partial charge in [0.2, 0.25) is 5.89 Å². The van der Waals surface area contributed by atoms with E-state index in [1.54, 1.807) is 0 Å². The number of aromatic nitrogens is 2. The van der Waals surface area contributed by atoms with E-state index in [1.165, 1.54) is 12.8 Å². The van der Waals surface area contributed by atoms with E-state index in [0.717, 1.165) is 25.4 Å². The third kappa shape index (κ3) is 2.95. The molecule has 90 valence electrons. The fourth-order valence-corrected chi connectivity index (χ4v) is 1.74.